The molecule has 0 amide bonds. The highest BCUT2D eigenvalue weighted by molar-refractivity contribution is 6.93. The Hall–Kier alpha value is -1.06. The maximum Gasteiger partial charge on any atom is 0.576 e. The summed E-state index contributed by atoms with van der Waals surface area (Å²) >= 11 is 0. The second-order valence-electron chi connectivity index (χ2n) is 5.22. The summed E-state index contributed by atoms with van der Waals surface area (Å²) in [6.07, 6.45) is 0.00421. The average molecular weight is 345 g/mol. The predicted octanol–water partition coefficient (Wildman–Crippen LogP) is 0.993. The fraction of sp³-hybridized carbons (Fsp3) is 0.733. The van der Waals surface area contributed by atoms with E-state index >= 15 is 0 Å². The van der Waals surface area contributed by atoms with E-state index in [-0.39, 0.29) is 11.5 Å². The molecule has 1 unspecified atom stereocenters. The van der Waals surface area contributed by atoms with Crippen LogP contribution in [-0.4, -0.2) is 58.7 Å². The number of ether oxygens (including phenoxy) is 1. The van der Waals surface area contributed by atoms with E-state index in [1.54, 1.807) is 27.7 Å². The molecular weight excluding hydrogens is 318 g/mol. The van der Waals surface area contributed by atoms with Crippen LogP contribution < -0.4 is 5.32 Å². The van der Waals surface area contributed by atoms with E-state index in [0.29, 0.717) is 38.4 Å². The van der Waals surface area contributed by atoms with Gasteiger partial charge in [0.2, 0.25) is 5.41 Å². The fourth-order valence-electron chi connectivity index (χ4n) is 2.37. The summed E-state index contributed by atoms with van der Waals surface area (Å²) in [6.45, 7) is 11.9. The third kappa shape index (κ3) is 5.22. The van der Waals surface area contributed by atoms with E-state index in [9.17, 15) is 9.59 Å². The van der Waals surface area contributed by atoms with Gasteiger partial charge in [-0.05, 0) is 27.7 Å². The third-order valence-electron chi connectivity index (χ3n) is 3.33. The van der Waals surface area contributed by atoms with E-state index in [1.165, 1.54) is 0 Å². The van der Waals surface area contributed by atoms with Gasteiger partial charge >= 0.3 is 14.8 Å². The molecule has 0 spiro atoms. The minimum atomic E-state index is -3.41. The molecule has 2 atom stereocenters. The maximum atomic E-state index is 12.9. The summed E-state index contributed by atoms with van der Waals surface area (Å²) in [5.74, 6) is -0.451. The molecule has 7 nitrogen and oxygen atoms in total. The van der Waals surface area contributed by atoms with Crippen LogP contribution in [0.1, 0.15) is 34.1 Å². The van der Waals surface area contributed by atoms with Gasteiger partial charge in [-0.1, -0.05) is 6.58 Å². The summed E-state index contributed by atoms with van der Waals surface area (Å²) in [5.41, 5.74) is 0.335. The minimum Gasteiger partial charge on any atom is -0.458 e. The van der Waals surface area contributed by atoms with Gasteiger partial charge in [0.25, 0.3) is 0 Å². The summed E-state index contributed by atoms with van der Waals surface area (Å²) in [5, 5.41) is 2.86. The average Bonchev–Trinajstić information content (AvgIpc) is 2.95. The van der Waals surface area contributed by atoms with Gasteiger partial charge in [0.15, 0.2) is 0 Å². The lowest BCUT2D eigenvalue weighted by molar-refractivity contribution is -0.143. The van der Waals surface area contributed by atoms with Crippen molar-refractivity contribution in [1.29, 1.82) is 0 Å². The van der Waals surface area contributed by atoms with Crippen LogP contribution in [0.2, 0.25) is 0 Å². The molecule has 0 aromatic rings. The number of carbonyl (C=O) groups is 2. The highest BCUT2D eigenvalue weighted by Gasteiger charge is 2.54. The van der Waals surface area contributed by atoms with Crippen LogP contribution in [0.15, 0.2) is 12.2 Å². The van der Waals surface area contributed by atoms with E-state index in [4.69, 9.17) is 18.0 Å². The van der Waals surface area contributed by atoms with Crippen molar-refractivity contribution in [2.75, 3.05) is 26.4 Å². The van der Waals surface area contributed by atoms with Crippen molar-refractivity contribution in [2.24, 2.45) is 0 Å². The maximum absolute atomic E-state index is 12.9. The van der Waals surface area contributed by atoms with E-state index in [1.807, 2.05) is 0 Å². The fourth-order valence-corrected chi connectivity index (χ4v) is 4.83. The van der Waals surface area contributed by atoms with Crippen molar-refractivity contribution in [2.45, 2.75) is 46.3 Å². The Morgan fingerprint density at radius 2 is 1.65 bits per heavy atom. The zero-order chi connectivity index (χ0) is 17.5. The van der Waals surface area contributed by atoms with Crippen LogP contribution in [0.5, 0.6) is 0 Å². The summed E-state index contributed by atoms with van der Waals surface area (Å²) in [6, 6.07) is -0.505. The van der Waals surface area contributed by atoms with E-state index < -0.39 is 20.8 Å². The summed E-state index contributed by atoms with van der Waals surface area (Å²) in [4.78, 5) is 24.4. The van der Waals surface area contributed by atoms with Crippen LogP contribution in [-0.2, 0) is 27.6 Å². The Labute approximate surface area is 138 Å². The SMILES string of the molecule is C=C(C)C(=O)OC1CN[C@H](C(=O)[Si](OCC)(OCC)OCC)C1. The smallest absolute Gasteiger partial charge is 0.458 e. The highest BCUT2D eigenvalue weighted by atomic mass is 28.4. The minimum absolute atomic E-state index is 0.211. The highest BCUT2D eigenvalue weighted by Crippen LogP contribution is 2.20. The molecule has 0 radical (unpaired) electrons. The van der Waals surface area contributed by atoms with Crippen LogP contribution in [0, 0.1) is 0 Å². The molecule has 1 N–H and O–H groups in total. The molecule has 0 aromatic carbocycles. The normalized spacial score (nSPS) is 21.2. The van der Waals surface area contributed by atoms with Crippen LogP contribution in [0.4, 0.5) is 0 Å². The lowest BCUT2D eigenvalue weighted by Gasteiger charge is -2.28. The van der Waals surface area contributed by atoms with Gasteiger partial charge in [0.1, 0.15) is 6.10 Å². The molecule has 1 saturated heterocycles. The quantitative estimate of drug-likeness (QED) is 0.359. The first-order valence-corrected chi connectivity index (χ1v) is 9.68. The van der Waals surface area contributed by atoms with Crippen molar-refractivity contribution >= 4 is 20.2 Å². The number of hydrogen-bond acceptors (Lipinski definition) is 7. The molecule has 1 heterocycles. The second-order valence-corrected chi connectivity index (χ2v) is 7.69. The van der Waals surface area contributed by atoms with Crippen molar-refractivity contribution in [1.82, 2.24) is 5.32 Å². The van der Waals surface area contributed by atoms with Gasteiger partial charge in [-0.15, -0.1) is 0 Å². The Balaban J connectivity index is 2.77. The molecule has 1 aliphatic heterocycles. The zero-order valence-corrected chi connectivity index (χ0v) is 15.3. The third-order valence-corrected chi connectivity index (χ3v) is 6.29. The van der Waals surface area contributed by atoms with Crippen molar-refractivity contribution in [3.63, 3.8) is 0 Å². The van der Waals surface area contributed by atoms with Crippen LogP contribution >= 0.6 is 0 Å². The van der Waals surface area contributed by atoms with Crippen molar-refractivity contribution in [3.05, 3.63) is 12.2 Å². The lowest BCUT2D eigenvalue weighted by atomic mass is 10.2. The molecule has 1 rings (SSSR count). The van der Waals surface area contributed by atoms with E-state index in [0.717, 1.165) is 0 Å². The van der Waals surface area contributed by atoms with E-state index in [2.05, 4.69) is 11.9 Å². The zero-order valence-electron chi connectivity index (χ0n) is 14.3. The molecule has 0 bridgehead atoms. The number of nitrogens with one attached hydrogen (secondary N) is 1. The largest absolute Gasteiger partial charge is 0.576 e. The monoisotopic (exact) mass is 345 g/mol. The summed E-state index contributed by atoms with van der Waals surface area (Å²) in [7, 11) is -3.41. The molecule has 0 aliphatic carbocycles. The Kier molecular flexibility index (Phi) is 8.07. The van der Waals surface area contributed by atoms with Gasteiger partial charge in [0.05, 0.1) is 6.04 Å². The predicted molar refractivity (Wildman–Crippen MR) is 86.7 cm³/mol. The van der Waals surface area contributed by atoms with Gasteiger partial charge in [-0.25, -0.2) is 4.79 Å². The second kappa shape index (κ2) is 9.29. The first kappa shape index (κ1) is 20.0. The number of carbonyl (C=O) groups excluding carboxylic acids is 2. The number of rotatable bonds is 10. The van der Waals surface area contributed by atoms with Crippen LogP contribution in [0.3, 0.4) is 0 Å². The van der Waals surface area contributed by atoms with Crippen molar-refractivity contribution < 1.29 is 27.6 Å². The molecule has 1 fully saturated rings. The Morgan fingerprint density at radius 1 is 1.13 bits per heavy atom. The van der Waals surface area contributed by atoms with Gasteiger partial charge < -0.3 is 23.3 Å². The Morgan fingerprint density at radius 3 is 2.09 bits per heavy atom. The number of esters is 1. The van der Waals surface area contributed by atoms with Gasteiger partial charge in [-0.2, -0.15) is 0 Å². The molecule has 0 aromatic heterocycles. The molecular formula is C15H27NO6Si. The molecule has 8 heteroatoms. The number of hydrogen-bond donors (Lipinski definition) is 1. The molecule has 132 valence electrons. The lowest BCUT2D eigenvalue weighted by Crippen LogP contribution is -2.59. The summed E-state index contributed by atoms with van der Waals surface area (Å²) < 4.78 is 22.2. The van der Waals surface area contributed by atoms with Crippen LogP contribution in [0.25, 0.3) is 0 Å². The standard InChI is InChI=1S/C15H27NO6Si/c1-6-19-23(20-7-2,21-8-3)15(18)13-9-12(10-16-13)22-14(17)11(4)5/h12-13,16H,4,6-10H2,1-3,5H3/t12?,13-/m0/s1. The topological polar surface area (TPSA) is 83.1 Å². The molecule has 1 aliphatic rings. The molecule has 0 saturated carbocycles. The van der Waals surface area contributed by atoms with Gasteiger partial charge in [0, 0.05) is 38.4 Å². The Bertz CT molecular complexity index is 425. The molecule has 23 heavy (non-hydrogen) atoms. The van der Waals surface area contributed by atoms with Crippen molar-refractivity contribution in [3.8, 4) is 0 Å². The first-order chi connectivity index (χ1) is 10.9. The van der Waals surface area contributed by atoms with Gasteiger partial charge in [-0.3, -0.25) is 4.79 Å². The first-order valence-electron chi connectivity index (χ1n) is 7.96.